The molecular formula is C13H17N3O2. The third kappa shape index (κ3) is 1.84. The highest BCUT2D eigenvalue weighted by Crippen LogP contribution is 2.40. The van der Waals surface area contributed by atoms with E-state index >= 15 is 0 Å². The average molecular weight is 247 g/mol. The Balaban J connectivity index is 1.94. The minimum atomic E-state index is -0.169. The Morgan fingerprint density at radius 2 is 2.22 bits per heavy atom. The van der Waals surface area contributed by atoms with Crippen molar-refractivity contribution in [2.45, 2.75) is 37.4 Å². The van der Waals surface area contributed by atoms with Crippen molar-refractivity contribution in [1.29, 1.82) is 0 Å². The van der Waals surface area contributed by atoms with Gasteiger partial charge in [-0.3, -0.25) is 4.79 Å². The van der Waals surface area contributed by atoms with Gasteiger partial charge >= 0.3 is 0 Å². The first-order valence-corrected chi connectivity index (χ1v) is 6.28. The molecule has 2 fully saturated rings. The fourth-order valence-electron chi connectivity index (χ4n) is 2.63. The Morgan fingerprint density at radius 3 is 2.89 bits per heavy atom. The minimum Gasteiger partial charge on any atom is -0.481 e. The van der Waals surface area contributed by atoms with E-state index < -0.39 is 0 Å². The summed E-state index contributed by atoms with van der Waals surface area (Å²) in [5.41, 5.74) is 6.94. The highest BCUT2D eigenvalue weighted by atomic mass is 16.5. The van der Waals surface area contributed by atoms with Crippen LogP contribution in [0.5, 0.6) is 5.88 Å². The molecule has 5 heteroatoms. The van der Waals surface area contributed by atoms with E-state index in [4.69, 9.17) is 10.5 Å². The van der Waals surface area contributed by atoms with Gasteiger partial charge in [0.15, 0.2) is 0 Å². The zero-order valence-corrected chi connectivity index (χ0v) is 10.4. The summed E-state index contributed by atoms with van der Waals surface area (Å²) < 4.78 is 5.13. The topological polar surface area (TPSA) is 68.5 Å². The van der Waals surface area contributed by atoms with Crippen LogP contribution in [0.4, 0.5) is 0 Å². The Kier molecular flexibility index (Phi) is 2.70. The van der Waals surface area contributed by atoms with Crippen LogP contribution in [-0.4, -0.2) is 35.0 Å². The Hall–Kier alpha value is -1.62. The first-order valence-electron chi connectivity index (χ1n) is 6.28. The lowest BCUT2D eigenvalue weighted by molar-refractivity contribution is -0.129. The van der Waals surface area contributed by atoms with E-state index in [0.29, 0.717) is 18.3 Å². The van der Waals surface area contributed by atoms with Crippen LogP contribution in [0.25, 0.3) is 0 Å². The van der Waals surface area contributed by atoms with Gasteiger partial charge in [0.1, 0.15) is 0 Å². The number of amides is 1. The molecule has 1 aromatic rings. The molecule has 2 atom stereocenters. The molecule has 1 aliphatic carbocycles. The monoisotopic (exact) mass is 247 g/mol. The van der Waals surface area contributed by atoms with Gasteiger partial charge in [0, 0.05) is 24.6 Å². The van der Waals surface area contributed by atoms with E-state index in [9.17, 15) is 4.79 Å². The zero-order valence-electron chi connectivity index (χ0n) is 10.4. The molecule has 0 bridgehead atoms. The number of hydrogen-bond acceptors (Lipinski definition) is 4. The maximum absolute atomic E-state index is 12.0. The summed E-state index contributed by atoms with van der Waals surface area (Å²) in [5, 5.41) is 0. The van der Waals surface area contributed by atoms with Crippen LogP contribution in [0, 0.1) is 0 Å². The maximum Gasteiger partial charge on any atom is 0.225 e. The van der Waals surface area contributed by atoms with Crippen LogP contribution in [0.3, 0.4) is 0 Å². The second kappa shape index (κ2) is 4.24. The van der Waals surface area contributed by atoms with E-state index in [1.54, 1.807) is 13.2 Å². The van der Waals surface area contributed by atoms with Gasteiger partial charge in [-0.05, 0) is 18.9 Å². The largest absolute Gasteiger partial charge is 0.481 e. The summed E-state index contributed by atoms with van der Waals surface area (Å²) in [5.74, 6) is 0.717. The first-order chi connectivity index (χ1) is 8.70. The number of carbonyl (C=O) groups is 1. The van der Waals surface area contributed by atoms with Crippen molar-refractivity contribution in [1.82, 2.24) is 9.88 Å². The molecule has 5 nitrogen and oxygen atoms in total. The third-order valence-electron chi connectivity index (χ3n) is 3.60. The molecule has 1 aliphatic heterocycles. The van der Waals surface area contributed by atoms with Crippen LogP contribution < -0.4 is 10.5 Å². The van der Waals surface area contributed by atoms with Crippen molar-refractivity contribution < 1.29 is 9.53 Å². The lowest BCUT2D eigenvalue weighted by atomic mass is 10.1. The van der Waals surface area contributed by atoms with Gasteiger partial charge in [-0.15, -0.1) is 0 Å². The SMILES string of the molecule is COc1cccc(C2C(N)CC(=O)N2C2CC2)n1. The molecule has 1 amide bonds. The summed E-state index contributed by atoms with van der Waals surface area (Å²) in [6.07, 6.45) is 2.58. The van der Waals surface area contributed by atoms with Gasteiger partial charge in [0.25, 0.3) is 0 Å². The van der Waals surface area contributed by atoms with Crippen molar-refractivity contribution in [3.8, 4) is 5.88 Å². The number of rotatable bonds is 3. The number of aromatic nitrogens is 1. The summed E-state index contributed by atoms with van der Waals surface area (Å²) in [6.45, 7) is 0. The lowest BCUT2D eigenvalue weighted by Crippen LogP contribution is -2.35. The summed E-state index contributed by atoms with van der Waals surface area (Å²) >= 11 is 0. The number of methoxy groups -OCH3 is 1. The van der Waals surface area contributed by atoms with Gasteiger partial charge in [-0.25, -0.2) is 4.98 Å². The molecule has 2 heterocycles. The van der Waals surface area contributed by atoms with E-state index in [1.807, 2.05) is 17.0 Å². The van der Waals surface area contributed by atoms with Crippen molar-refractivity contribution >= 4 is 5.91 Å². The molecule has 2 aliphatic rings. The molecule has 1 saturated heterocycles. The number of nitrogens with two attached hydrogens (primary N) is 1. The van der Waals surface area contributed by atoms with Gasteiger partial charge in [-0.2, -0.15) is 0 Å². The van der Waals surface area contributed by atoms with Crippen LogP contribution in [-0.2, 0) is 4.79 Å². The fraction of sp³-hybridized carbons (Fsp3) is 0.538. The quantitative estimate of drug-likeness (QED) is 0.860. The highest BCUT2D eigenvalue weighted by Gasteiger charge is 2.46. The number of pyridine rings is 1. The van der Waals surface area contributed by atoms with Gasteiger partial charge in [-0.1, -0.05) is 6.07 Å². The Bertz CT molecular complexity index is 473. The molecule has 3 rings (SSSR count). The standard InChI is InChI=1S/C13H17N3O2/c1-18-11-4-2-3-10(15-11)13-9(14)7-12(17)16(13)8-5-6-8/h2-4,8-9,13H,5-7,14H2,1H3. The number of carbonyl (C=O) groups excluding carboxylic acids is 1. The van der Waals surface area contributed by atoms with E-state index in [1.165, 1.54) is 0 Å². The molecule has 1 aromatic heterocycles. The van der Waals surface area contributed by atoms with Crippen LogP contribution >= 0.6 is 0 Å². The molecule has 18 heavy (non-hydrogen) atoms. The summed E-state index contributed by atoms with van der Waals surface area (Å²) in [6, 6.07) is 5.71. The molecule has 0 radical (unpaired) electrons. The van der Waals surface area contributed by atoms with Crippen molar-refractivity contribution in [3.63, 3.8) is 0 Å². The van der Waals surface area contributed by atoms with Crippen LogP contribution in [0.1, 0.15) is 31.0 Å². The number of hydrogen-bond donors (Lipinski definition) is 1. The van der Waals surface area contributed by atoms with Gasteiger partial charge in [0.05, 0.1) is 18.8 Å². The van der Waals surface area contributed by atoms with E-state index in [-0.39, 0.29) is 18.0 Å². The smallest absolute Gasteiger partial charge is 0.225 e. The summed E-state index contributed by atoms with van der Waals surface area (Å²) in [7, 11) is 1.59. The minimum absolute atomic E-state index is 0.0971. The van der Waals surface area contributed by atoms with Gasteiger partial charge < -0.3 is 15.4 Å². The first kappa shape index (κ1) is 11.5. The third-order valence-corrected chi connectivity index (χ3v) is 3.60. The second-order valence-electron chi connectivity index (χ2n) is 4.95. The Labute approximate surface area is 106 Å². The summed E-state index contributed by atoms with van der Waals surface area (Å²) in [4.78, 5) is 18.3. The van der Waals surface area contributed by atoms with Crippen LogP contribution in [0.15, 0.2) is 18.2 Å². The van der Waals surface area contributed by atoms with E-state index in [0.717, 1.165) is 18.5 Å². The van der Waals surface area contributed by atoms with E-state index in [2.05, 4.69) is 4.98 Å². The molecule has 2 N–H and O–H groups in total. The molecule has 0 spiro atoms. The maximum atomic E-state index is 12.0. The van der Waals surface area contributed by atoms with Gasteiger partial charge in [0.2, 0.25) is 11.8 Å². The van der Waals surface area contributed by atoms with Crippen LogP contribution in [0.2, 0.25) is 0 Å². The molecule has 0 aromatic carbocycles. The molecule has 2 unspecified atom stereocenters. The predicted molar refractivity (Wildman–Crippen MR) is 66.0 cm³/mol. The highest BCUT2D eigenvalue weighted by molar-refractivity contribution is 5.81. The average Bonchev–Trinajstić information content (AvgIpc) is 3.15. The second-order valence-corrected chi connectivity index (χ2v) is 4.95. The normalized spacial score (nSPS) is 27.7. The molecule has 1 saturated carbocycles. The zero-order chi connectivity index (χ0) is 12.7. The lowest BCUT2D eigenvalue weighted by Gasteiger charge is -2.26. The number of ether oxygens (including phenoxy) is 1. The fourth-order valence-corrected chi connectivity index (χ4v) is 2.63. The molecule has 96 valence electrons. The van der Waals surface area contributed by atoms with Crippen molar-refractivity contribution in [2.75, 3.05) is 7.11 Å². The number of likely N-dealkylation sites (tertiary alicyclic amines) is 1. The number of nitrogens with zero attached hydrogens (tertiary/aromatic N) is 2. The van der Waals surface area contributed by atoms with Crippen molar-refractivity contribution in [3.05, 3.63) is 23.9 Å². The Morgan fingerprint density at radius 1 is 1.44 bits per heavy atom. The predicted octanol–water partition coefficient (Wildman–Crippen LogP) is 0.853. The molecular weight excluding hydrogens is 230 g/mol. The van der Waals surface area contributed by atoms with Crippen molar-refractivity contribution in [2.24, 2.45) is 5.73 Å².